The molecule has 1 amide bonds. The van der Waals surface area contributed by atoms with Crippen molar-refractivity contribution >= 4 is 5.91 Å². The molecule has 1 fully saturated rings. The first kappa shape index (κ1) is 11.6. The van der Waals surface area contributed by atoms with Crippen molar-refractivity contribution in [2.75, 3.05) is 13.1 Å². The third-order valence-electron chi connectivity index (χ3n) is 2.70. The van der Waals surface area contributed by atoms with E-state index in [9.17, 15) is 14.4 Å². The Kier molecular flexibility index (Phi) is 3.38. The number of H-pyrrole nitrogens is 2. The van der Waals surface area contributed by atoms with Crippen LogP contribution in [0.1, 0.15) is 23.2 Å². The molecule has 0 spiro atoms. The van der Waals surface area contributed by atoms with Crippen LogP contribution in [0.2, 0.25) is 0 Å². The van der Waals surface area contributed by atoms with E-state index in [4.69, 9.17) is 0 Å². The van der Waals surface area contributed by atoms with Crippen LogP contribution in [0.15, 0.2) is 15.8 Å². The fourth-order valence-corrected chi connectivity index (χ4v) is 1.82. The Morgan fingerprint density at radius 2 is 2.24 bits per heavy atom. The monoisotopic (exact) mass is 238 g/mol. The third kappa shape index (κ3) is 2.82. The molecule has 0 saturated carbocycles. The Bertz CT molecular complexity index is 513. The van der Waals surface area contributed by atoms with E-state index in [-0.39, 0.29) is 11.6 Å². The molecule has 1 aromatic rings. The molecule has 0 bridgehead atoms. The van der Waals surface area contributed by atoms with Gasteiger partial charge in [-0.05, 0) is 19.4 Å². The molecular formula is C10H14N4O3. The molecule has 0 aromatic carbocycles. The maximum atomic E-state index is 11.8. The molecule has 0 unspecified atom stereocenters. The minimum absolute atomic E-state index is 0.0302. The number of aromatic amines is 2. The SMILES string of the molecule is O=C(N[C@@H]1CCCNC1)c1c[nH]c(=O)[nH]c1=O. The van der Waals surface area contributed by atoms with Crippen LogP contribution in [0.25, 0.3) is 0 Å². The van der Waals surface area contributed by atoms with Gasteiger partial charge in [-0.25, -0.2) is 4.79 Å². The highest BCUT2D eigenvalue weighted by atomic mass is 16.2. The number of aromatic nitrogens is 2. The molecule has 4 N–H and O–H groups in total. The van der Waals surface area contributed by atoms with Crippen molar-refractivity contribution in [3.8, 4) is 0 Å². The zero-order valence-corrected chi connectivity index (χ0v) is 9.21. The van der Waals surface area contributed by atoms with Crippen molar-refractivity contribution in [1.82, 2.24) is 20.6 Å². The number of nitrogens with one attached hydrogen (secondary N) is 4. The quantitative estimate of drug-likeness (QED) is 0.505. The van der Waals surface area contributed by atoms with Gasteiger partial charge in [0.25, 0.3) is 11.5 Å². The Morgan fingerprint density at radius 1 is 1.41 bits per heavy atom. The summed E-state index contributed by atoms with van der Waals surface area (Å²) in [5.74, 6) is -0.462. The summed E-state index contributed by atoms with van der Waals surface area (Å²) in [6, 6.07) is 0.0302. The van der Waals surface area contributed by atoms with Crippen LogP contribution >= 0.6 is 0 Å². The van der Waals surface area contributed by atoms with Crippen LogP contribution in [0, 0.1) is 0 Å². The number of piperidine rings is 1. The zero-order valence-electron chi connectivity index (χ0n) is 9.21. The number of hydrogen-bond donors (Lipinski definition) is 4. The van der Waals surface area contributed by atoms with Crippen molar-refractivity contribution < 1.29 is 4.79 Å². The van der Waals surface area contributed by atoms with Gasteiger partial charge in [-0.1, -0.05) is 0 Å². The van der Waals surface area contributed by atoms with Gasteiger partial charge >= 0.3 is 5.69 Å². The lowest BCUT2D eigenvalue weighted by molar-refractivity contribution is 0.0928. The predicted molar refractivity (Wildman–Crippen MR) is 61.0 cm³/mol. The van der Waals surface area contributed by atoms with E-state index in [0.717, 1.165) is 25.6 Å². The highest BCUT2D eigenvalue weighted by molar-refractivity contribution is 5.93. The van der Waals surface area contributed by atoms with Crippen LogP contribution in [0.3, 0.4) is 0 Å². The van der Waals surface area contributed by atoms with Crippen molar-refractivity contribution in [2.24, 2.45) is 0 Å². The minimum Gasteiger partial charge on any atom is -0.348 e. The molecule has 0 radical (unpaired) electrons. The Balaban J connectivity index is 2.08. The van der Waals surface area contributed by atoms with Crippen LogP contribution in [-0.2, 0) is 0 Å². The average molecular weight is 238 g/mol. The van der Waals surface area contributed by atoms with E-state index in [0.29, 0.717) is 6.54 Å². The number of amides is 1. The largest absolute Gasteiger partial charge is 0.348 e. The lowest BCUT2D eigenvalue weighted by Crippen LogP contribution is -2.47. The molecule has 2 rings (SSSR count). The first-order valence-corrected chi connectivity index (χ1v) is 5.50. The third-order valence-corrected chi connectivity index (χ3v) is 2.70. The summed E-state index contributed by atoms with van der Waals surface area (Å²) < 4.78 is 0. The molecular weight excluding hydrogens is 224 g/mol. The van der Waals surface area contributed by atoms with Gasteiger partial charge < -0.3 is 15.6 Å². The molecule has 0 aliphatic carbocycles. The lowest BCUT2D eigenvalue weighted by Gasteiger charge is -2.23. The first-order valence-electron chi connectivity index (χ1n) is 5.50. The van der Waals surface area contributed by atoms with E-state index in [1.54, 1.807) is 0 Å². The Morgan fingerprint density at radius 3 is 2.88 bits per heavy atom. The van der Waals surface area contributed by atoms with Crippen molar-refractivity contribution in [2.45, 2.75) is 18.9 Å². The summed E-state index contributed by atoms with van der Waals surface area (Å²) >= 11 is 0. The molecule has 1 aromatic heterocycles. The standard InChI is InChI=1S/C10H14N4O3/c15-8(13-6-2-1-3-11-4-6)7-5-12-10(17)14-9(7)16/h5-6,11H,1-4H2,(H,13,15)(H2,12,14,16,17)/t6-/m1/s1. The minimum atomic E-state index is -0.671. The molecule has 2 heterocycles. The van der Waals surface area contributed by atoms with Gasteiger partial charge in [-0.15, -0.1) is 0 Å². The smallest absolute Gasteiger partial charge is 0.325 e. The highest BCUT2D eigenvalue weighted by Crippen LogP contribution is 2.01. The van der Waals surface area contributed by atoms with Gasteiger partial charge in [0, 0.05) is 18.8 Å². The van der Waals surface area contributed by atoms with Crippen LogP contribution in [0.5, 0.6) is 0 Å². The number of rotatable bonds is 2. The normalized spacial score (nSPS) is 19.9. The predicted octanol–water partition coefficient (Wildman–Crippen LogP) is -1.45. The second-order valence-corrected chi connectivity index (χ2v) is 4.00. The molecule has 17 heavy (non-hydrogen) atoms. The summed E-state index contributed by atoms with van der Waals surface area (Å²) in [5.41, 5.74) is -1.36. The Hall–Kier alpha value is -1.89. The van der Waals surface area contributed by atoms with Gasteiger partial charge in [-0.3, -0.25) is 14.6 Å². The van der Waals surface area contributed by atoms with E-state index in [1.807, 2.05) is 4.98 Å². The molecule has 7 heteroatoms. The molecule has 1 atom stereocenters. The van der Waals surface area contributed by atoms with E-state index >= 15 is 0 Å². The molecule has 7 nitrogen and oxygen atoms in total. The number of carbonyl (C=O) groups excluding carboxylic acids is 1. The summed E-state index contributed by atoms with van der Waals surface area (Å²) in [6.45, 7) is 1.65. The first-order chi connectivity index (χ1) is 8.16. The maximum absolute atomic E-state index is 11.8. The van der Waals surface area contributed by atoms with Crippen molar-refractivity contribution in [3.05, 3.63) is 32.6 Å². The van der Waals surface area contributed by atoms with Gasteiger partial charge in [0.2, 0.25) is 0 Å². The van der Waals surface area contributed by atoms with Crippen LogP contribution in [0.4, 0.5) is 0 Å². The van der Waals surface area contributed by atoms with Gasteiger partial charge in [0.05, 0.1) is 0 Å². The lowest BCUT2D eigenvalue weighted by atomic mass is 10.1. The zero-order chi connectivity index (χ0) is 12.3. The second kappa shape index (κ2) is 4.96. The number of carbonyl (C=O) groups is 1. The summed E-state index contributed by atoms with van der Waals surface area (Å²) in [4.78, 5) is 38.2. The van der Waals surface area contributed by atoms with Gasteiger partial charge in [0.15, 0.2) is 0 Å². The van der Waals surface area contributed by atoms with Crippen molar-refractivity contribution in [1.29, 1.82) is 0 Å². The molecule has 1 saturated heterocycles. The Labute approximate surface area is 96.6 Å². The fourth-order valence-electron chi connectivity index (χ4n) is 1.82. The highest BCUT2D eigenvalue weighted by Gasteiger charge is 2.18. The summed E-state index contributed by atoms with van der Waals surface area (Å²) in [6.07, 6.45) is 3.01. The van der Waals surface area contributed by atoms with Gasteiger partial charge in [0.1, 0.15) is 5.56 Å². The van der Waals surface area contributed by atoms with E-state index < -0.39 is 17.2 Å². The molecule has 1 aliphatic rings. The van der Waals surface area contributed by atoms with E-state index in [2.05, 4.69) is 15.6 Å². The van der Waals surface area contributed by atoms with E-state index in [1.165, 1.54) is 0 Å². The molecule has 1 aliphatic heterocycles. The van der Waals surface area contributed by atoms with Crippen molar-refractivity contribution in [3.63, 3.8) is 0 Å². The van der Waals surface area contributed by atoms with Crippen LogP contribution in [-0.4, -0.2) is 35.0 Å². The number of hydrogen-bond acceptors (Lipinski definition) is 4. The maximum Gasteiger partial charge on any atom is 0.325 e. The summed E-state index contributed by atoms with van der Waals surface area (Å²) in [7, 11) is 0. The topological polar surface area (TPSA) is 107 Å². The second-order valence-electron chi connectivity index (χ2n) is 4.00. The van der Waals surface area contributed by atoms with Gasteiger partial charge in [-0.2, -0.15) is 0 Å². The molecule has 92 valence electrons. The average Bonchev–Trinajstić information content (AvgIpc) is 2.30. The fraction of sp³-hybridized carbons (Fsp3) is 0.500. The van der Waals surface area contributed by atoms with Crippen LogP contribution < -0.4 is 21.9 Å². The summed E-state index contributed by atoms with van der Waals surface area (Å²) in [5, 5.41) is 5.91.